The third-order valence-corrected chi connectivity index (χ3v) is 2.45. The summed E-state index contributed by atoms with van der Waals surface area (Å²) in [6, 6.07) is 3.33. The summed E-state index contributed by atoms with van der Waals surface area (Å²) in [6.07, 6.45) is -4.47. The van der Waals surface area contributed by atoms with Gasteiger partial charge in [-0.25, -0.2) is 0 Å². The predicted octanol–water partition coefficient (Wildman–Crippen LogP) is 2.83. The molecule has 1 aromatic carbocycles. The minimum Gasteiger partial charge on any atom is -0.355 e. The first kappa shape index (κ1) is 12.0. The van der Waals surface area contributed by atoms with E-state index < -0.39 is 17.6 Å². The van der Waals surface area contributed by atoms with Gasteiger partial charge in [0.25, 0.3) is 5.91 Å². The highest BCUT2D eigenvalue weighted by molar-refractivity contribution is 9.10. The van der Waals surface area contributed by atoms with Crippen molar-refractivity contribution in [2.75, 3.05) is 7.05 Å². The van der Waals surface area contributed by atoms with E-state index in [-0.39, 0.29) is 10.0 Å². The minimum atomic E-state index is -4.47. The van der Waals surface area contributed by atoms with E-state index in [1.807, 2.05) is 0 Å². The van der Waals surface area contributed by atoms with Crippen LogP contribution in [-0.4, -0.2) is 13.0 Å². The molecular weight excluding hydrogens is 275 g/mol. The summed E-state index contributed by atoms with van der Waals surface area (Å²) in [5, 5.41) is 2.26. The van der Waals surface area contributed by atoms with E-state index in [2.05, 4.69) is 21.2 Å². The number of alkyl halides is 3. The van der Waals surface area contributed by atoms with Crippen LogP contribution in [0.15, 0.2) is 22.7 Å². The van der Waals surface area contributed by atoms with Crippen LogP contribution in [0.1, 0.15) is 15.9 Å². The van der Waals surface area contributed by atoms with Gasteiger partial charge in [-0.3, -0.25) is 4.79 Å². The molecule has 0 fully saturated rings. The smallest absolute Gasteiger partial charge is 0.355 e. The van der Waals surface area contributed by atoms with Crippen LogP contribution in [0.25, 0.3) is 0 Å². The van der Waals surface area contributed by atoms with Gasteiger partial charge >= 0.3 is 6.18 Å². The van der Waals surface area contributed by atoms with E-state index in [1.54, 1.807) is 0 Å². The second-order valence-electron chi connectivity index (χ2n) is 2.77. The minimum absolute atomic E-state index is 0.0203. The van der Waals surface area contributed by atoms with Crippen molar-refractivity contribution in [2.45, 2.75) is 6.18 Å². The number of hydrogen-bond donors (Lipinski definition) is 1. The molecule has 0 spiro atoms. The highest BCUT2D eigenvalue weighted by Crippen LogP contribution is 2.35. The largest absolute Gasteiger partial charge is 0.417 e. The van der Waals surface area contributed by atoms with Gasteiger partial charge in [0, 0.05) is 17.1 Å². The maximum absolute atomic E-state index is 12.4. The Morgan fingerprint density at radius 3 is 2.47 bits per heavy atom. The van der Waals surface area contributed by atoms with Crippen molar-refractivity contribution >= 4 is 21.8 Å². The highest BCUT2D eigenvalue weighted by atomic mass is 79.9. The molecule has 0 bridgehead atoms. The van der Waals surface area contributed by atoms with Crippen molar-refractivity contribution in [3.63, 3.8) is 0 Å². The lowest BCUT2D eigenvalue weighted by Crippen LogP contribution is -2.18. The fourth-order valence-corrected chi connectivity index (χ4v) is 1.50. The number of carbonyl (C=O) groups is 1. The van der Waals surface area contributed by atoms with Crippen molar-refractivity contribution in [2.24, 2.45) is 0 Å². The van der Waals surface area contributed by atoms with Crippen LogP contribution >= 0.6 is 15.9 Å². The van der Waals surface area contributed by atoms with Crippen molar-refractivity contribution in [1.29, 1.82) is 0 Å². The Kier molecular flexibility index (Phi) is 3.38. The van der Waals surface area contributed by atoms with Gasteiger partial charge in [-0.15, -0.1) is 0 Å². The molecule has 1 aromatic rings. The molecule has 2 nitrogen and oxygen atoms in total. The van der Waals surface area contributed by atoms with Gasteiger partial charge in [0.15, 0.2) is 0 Å². The molecule has 0 radical (unpaired) electrons. The zero-order chi connectivity index (χ0) is 11.6. The van der Waals surface area contributed by atoms with Gasteiger partial charge in [0.1, 0.15) is 0 Å². The van der Waals surface area contributed by atoms with Gasteiger partial charge in [0.05, 0.1) is 5.56 Å². The summed E-state index contributed by atoms with van der Waals surface area (Å²) in [4.78, 5) is 11.1. The molecule has 0 saturated heterocycles. The first-order valence-corrected chi connectivity index (χ1v) is 4.74. The van der Waals surface area contributed by atoms with E-state index >= 15 is 0 Å². The average Bonchev–Trinajstić information content (AvgIpc) is 2.15. The van der Waals surface area contributed by atoms with Crippen molar-refractivity contribution in [3.05, 3.63) is 33.8 Å². The molecule has 0 aliphatic heterocycles. The molecule has 15 heavy (non-hydrogen) atoms. The Balaban J connectivity index is 3.23. The molecule has 0 aromatic heterocycles. The normalized spacial score (nSPS) is 11.3. The molecule has 1 amide bonds. The van der Waals surface area contributed by atoms with Gasteiger partial charge in [-0.2, -0.15) is 13.2 Å². The summed E-state index contributed by atoms with van der Waals surface area (Å²) in [7, 11) is 1.36. The first-order valence-electron chi connectivity index (χ1n) is 3.95. The number of hydrogen-bond acceptors (Lipinski definition) is 1. The van der Waals surface area contributed by atoms with E-state index in [0.29, 0.717) is 0 Å². The molecule has 1 N–H and O–H groups in total. The number of carbonyl (C=O) groups excluding carboxylic acids is 1. The first-order chi connectivity index (χ1) is 6.86. The second-order valence-corrected chi connectivity index (χ2v) is 3.63. The quantitative estimate of drug-likeness (QED) is 0.843. The Bertz CT molecular complexity index is 389. The van der Waals surface area contributed by atoms with E-state index in [0.717, 1.165) is 6.07 Å². The maximum Gasteiger partial charge on any atom is 0.417 e. The van der Waals surface area contributed by atoms with Gasteiger partial charge in [0.2, 0.25) is 0 Å². The highest BCUT2D eigenvalue weighted by Gasteiger charge is 2.33. The molecule has 82 valence electrons. The van der Waals surface area contributed by atoms with Crippen LogP contribution in [0.3, 0.4) is 0 Å². The van der Waals surface area contributed by atoms with Crippen molar-refractivity contribution < 1.29 is 18.0 Å². The molecule has 0 heterocycles. The standard InChI is InChI=1S/C9H7BrF3NO/c1-14-8(15)5-2-3-7(10)6(4-5)9(11,12)13/h2-4H,1H3,(H,14,15). The fraction of sp³-hybridized carbons (Fsp3) is 0.222. The Labute approximate surface area is 92.6 Å². The van der Waals surface area contributed by atoms with Gasteiger partial charge < -0.3 is 5.32 Å². The molecule has 0 aliphatic rings. The predicted molar refractivity (Wildman–Crippen MR) is 52.5 cm³/mol. The third kappa shape index (κ3) is 2.71. The van der Waals surface area contributed by atoms with Crippen LogP contribution in [-0.2, 0) is 6.18 Å². The topological polar surface area (TPSA) is 29.1 Å². The van der Waals surface area contributed by atoms with E-state index in [9.17, 15) is 18.0 Å². The Morgan fingerprint density at radius 1 is 1.40 bits per heavy atom. The average molecular weight is 282 g/mol. The molecule has 0 aliphatic carbocycles. The number of rotatable bonds is 1. The summed E-state index contributed by atoms with van der Waals surface area (Å²) >= 11 is 2.79. The SMILES string of the molecule is CNC(=O)c1ccc(Br)c(C(F)(F)F)c1. The van der Waals surface area contributed by atoms with Crippen LogP contribution in [0.2, 0.25) is 0 Å². The lowest BCUT2D eigenvalue weighted by Gasteiger charge is -2.10. The Hall–Kier alpha value is -1.04. The number of nitrogens with one attached hydrogen (secondary N) is 1. The van der Waals surface area contributed by atoms with E-state index in [4.69, 9.17) is 0 Å². The summed E-state index contributed by atoms with van der Waals surface area (Å²) in [6.45, 7) is 0. The monoisotopic (exact) mass is 281 g/mol. The summed E-state index contributed by atoms with van der Waals surface area (Å²) < 4.78 is 37.2. The fourth-order valence-electron chi connectivity index (χ4n) is 1.03. The lowest BCUT2D eigenvalue weighted by atomic mass is 10.1. The van der Waals surface area contributed by atoms with Gasteiger partial charge in [-0.05, 0) is 18.2 Å². The molecule has 0 unspecified atom stereocenters. The number of benzene rings is 1. The Morgan fingerprint density at radius 2 is 2.00 bits per heavy atom. The van der Waals surface area contributed by atoms with Gasteiger partial charge in [-0.1, -0.05) is 15.9 Å². The molecular formula is C9H7BrF3NO. The molecule has 0 saturated carbocycles. The lowest BCUT2D eigenvalue weighted by molar-refractivity contribution is -0.138. The van der Waals surface area contributed by atoms with Crippen LogP contribution in [0, 0.1) is 0 Å². The van der Waals surface area contributed by atoms with Crippen LogP contribution in [0.5, 0.6) is 0 Å². The number of amides is 1. The van der Waals surface area contributed by atoms with E-state index in [1.165, 1.54) is 19.2 Å². The third-order valence-electron chi connectivity index (χ3n) is 1.76. The van der Waals surface area contributed by atoms with Crippen LogP contribution < -0.4 is 5.32 Å². The molecule has 0 atom stereocenters. The maximum atomic E-state index is 12.4. The zero-order valence-corrected chi connectivity index (χ0v) is 9.24. The molecule has 1 rings (SSSR count). The zero-order valence-electron chi connectivity index (χ0n) is 7.65. The van der Waals surface area contributed by atoms with Crippen LogP contribution in [0.4, 0.5) is 13.2 Å². The molecule has 6 heteroatoms. The van der Waals surface area contributed by atoms with Crippen molar-refractivity contribution in [1.82, 2.24) is 5.32 Å². The van der Waals surface area contributed by atoms with Crippen molar-refractivity contribution in [3.8, 4) is 0 Å². The number of halogens is 4. The summed E-state index contributed by atoms with van der Waals surface area (Å²) in [5.41, 5.74) is -0.878. The summed E-state index contributed by atoms with van der Waals surface area (Å²) in [5.74, 6) is -0.548. The second kappa shape index (κ2) is 4.22.